The predicted octanol–water partition coefficient (Wildman–Crippen LogP) is 7.11. The van der Waals surface area contributed by atoms with Crippen LogP contribution in [0.4, 0.5) is 0 Å². The Hall–Kier alpha value is -2.89. The van der Waals surface area contributed by atoms with Gasteiger partial charge in [0.25, 0.3) is 0 Å². The number of carbonyl (C=O) groups is 1. The molecule has 178 valence electrons. The van der Waals surface area contributed by atoms with Crippen LogP contribution in [0.1, 0.15) is 31.9 Å². The summed E-state index contributed by atoms with van der Waals surface area (Å²) in [6.45, 7) is 7.03. The average molecular weight is 523 g/mol. The number of carbonyl (C=O) groups excluding carboxylic acids is 1. The third-order valence-electron chi connectivity index (χ3n) is 5.42. The Morgan fingerprint density at radius 2 is 1.50 bits per heavy atom. The lowest BCUT2D eigenvalue weighted by Crippen LogP contribution is -2.28. The summed E-state index contributed by atoms with van der Waals surface area (Å²) in [4.78, 5) is 12.0. The smallest absolute Gasteiger partial charge is 0.335 e. The molecule has 0 aliphatic carbocycles. The number of hydrogen-bond donors (Lipinski definition) is 0. The molecule has 4 nitrogen and oxygen atoms in total. The van der Waals surface area contributed by atoms with Crippen molar-refractivity contribution in [2.75, 3.05) is 19.8 Å². The Morgan fingerprint density at radius 1 is 0.882 bits per heavy atom. The molecule has 34 heavy (non-hydrogen) atoms. The minimum Gasteiger partial charge on any atom is -0.490 e. The lowest BCUT2D eigenvalue weighted by molar-refractivity contribution is -0.156. The number of benzene rings is 3. The van der Waals surface area contributed by atoms with Crippen molar-refractivity contribution in [1.82, 2.24) is 0 Å². The molecule has 3 aromatic rings. The first-order valence-corrected chi connectivity index (χ1v) is 12.3. The van der Waals surface area contributed by atoms with Crippen LogP contribution in [0.25, 0.3) is 16.7 Å². The van der Waals surface area contributed by atoms with Crippen LogP contribution in [0.3, 0.4) is 0 Å². The van der Waals surface area contributed by atoms with Gasteiger partial charge in [-0.2, -0.15) is 0 Å². The summed E-state index contributed by atoms with van der Waals surface area (Å²) >= 11 is 3.48. The second-order valence-corrected chi connectivity index (χ2v) is 8.74. The summed E-state index contributed by atoms with van der Waals surface area (Å²) in [5.41, 5.74) is 5.71. The maximum atomic E-state index is 12.0. The molecule has 5 heteroatoms. The van der Waals surface area contributed by atoms with E-state index in [0.717, 1.165) is 21.4 Å². The van der Waals surface area contributed by atoms with Crippen molar-refractivity contribution in [2.45, 2.75) is 33.3 Å². The molecule has 0 fully saturated rings. The number of ether oxygens (including phenoxy) is 3. The van der Waals surface area contributed by atoms with E-state index in [2.05, 4.69) is 77.5 Å². The lowest BCUT2D eigenvalue weighted by atomic mass is 10.0. The zero-order valence-corrected chi connectivity index (χ0v) is 21.5. The third kappa shape index (κ3) is 7.57. The van der Waals surface area contributed by atoms with Gasteiger partial charge in [-0.05, 0) is 78.9 Å². The number of halogens is 1. The van der Waals surface area contributed by atoms with Crippen molar-refractivity contribution in [1.29, 1.82) is 0 Å². The maximum Gasteiger partial charge on any atom is 0.335 e. The number of allylic oxidation sites excluding steroid dienone is 1. The van der Waals surface area contributed by atoms with Crippen molar-refractivity contribution < 1.29 is 19.0 Å². The molecule has 0 aliphatic rings. The zero-order valence-electron chi connectivity index (χ0n) is 19.9. The number of esters is 1. The molecule has 0 bridgehead atoms. The highest BCUT2D eigenvalue weighted by atomic mass is 79.9. The summed E-state index contributed by atoms with van der Waals surface area (Å²) in [5.74, 6) is 0.456. The highest BCUT2D eigenvalue weighted by Gasteiger charge is 2.20. The van der Waals surface area contributed by atoms with Crippen molar-refractivity contribution in [3.63, 3.8) is 0 Å². The molecule has 0 heterocycles. The minimum absolute atomic E-state index is 0.324. The molecule has 0 aromatic heterocycles. The summed E-state index contributed by atoms with van der Waals surface area (Å²) < 4.78 is 17.6. The second-order valence-electron chi connectivity index (χ2n) is 7.83. The van der Waals surface area contributed by atoms with Crippen molar-refractivity contribution in [3.8, 4) is 16.9 Å². The first-order chi connectivity index (χ1) is 16.5. The molecule has 1 unspecified atom stereocenters. The standard InChI is InChI=1S/C29H31BrO4/c1-4-32-28(29(31)33-5-2)20-22-6-16-27(17-7-22)34-19-18-21(3)23-8-10-24(11-9-23)25-12-14-26(30)15-13-25/h6-18,28H,4-5,19-20H2,1-3H3/b21-18+. The molecular weight excluding hydrogens is 492 g/mol. The molecule has 0 saturated carbocycles. The van der Waals surface area contributed by atoms with Crippen LogP contribution in [-0.2, 0) is 20.7 Å². The zero-order chi connectivity index (χ0) is 24.3. The normalized spacial score (nSPS) is 12.3. The van der Waals surface area contributed by atoms with E-state index in [-0.39, 0.29) is 5.97 Å². The summed E-state index contributed by atoms with van der Waals surface area (Å²) in [6, 6.07) is 24.6. The molecule has 3 rings (SSSR count). The second kappa shape index (κ2) is 13.1. The Balaban J connectivity index is 1.54. The van der Waals surface area contributed by atoms with Gasteiger partial charge in [0.1, 0.15) is 12.4 Å². The van der Waals surface area contributed by atoms with Gasteiger partial charge in [-0.25, -0.2) is 4.79 Å². The third-order valence-corrected chi connectivity index (χ3v) is 5.95. The quantitative estimate of drug-likeness (QED) is 0.251. The molecule has 0 N–H and O–H groups in total. The van der Waals surface area contributed by atoms with E-state index < -0.39 is 6.10 Å². The van der Waals surface area contributed by atoms with E-state index in [1.807, 2.05) is 31.2 Å². The molecule has 0 radical (unpaired) electrons. The fraction of sp³-hybridized carbons (Fsp3) is 0.276. The van der Waals surface area contributed by atoms with Crippen LogP contribution in [-0.4, -0.2) is 31.9 Å². The number of hydrogen-bond acceptors (Lipinski definition) is 4. The molecule has 0 aliphatic heterocycles. The summed E-state index contributed by atoms with van der Waals surface area (Å²) in [5, 5.41) is 0. The van der Waals surface area contributed by atoms with Gasteiger partial charge in [0.2, 0.25) is 0 Å². The van der Waals surface area contributed by atoms with Gasteiger partial charge in [0, 0.05) is 17.5 Å². The van der Waals surface area contributed by atoms with Crippen LogP contribution in [0.15, 0.2) is 83.3 Å². The SMILES string of the molecule is CCOC(=O)C(Cc1ccc(OC/C=C(\C)c2ccc(-c3ccc(Br)cc3)cc2)cc1)OCC. The van der Waals surface area contributed by atoms with Gasteiger partial charge >= 0.3 is 5.97 Å². The van der Waals surface area contributed by atoms with E-state index >= 15 is 0 Å². The van der Waals surface area contributed by atoms with Gasteiger partial charge in [-0.1, -0.05) is 64.5 Å². The first-order valence-electron chi connectivity index (χ1n) is 11.5. The van der Waals surface area contributed by atoms with E-state index in [1.54, 1.807) is 6.92 Å². The molecule has 1 atom stereocenters. The monoisotopic (exact) mass is 522 g/mol. The Bertz CT molecular complexity index is 1070. The Kier molecular flexibility index (Phi) is 9.92. The molecule has 0 spiro atoms. The highest BCUT2D eigenvalue weighted by molar-refractivity contribution is 9.10. The fourth-order valence-electron chi connectivity index (χ4n) is 3.53. The highest BCUT2D eigenvalue weighted by Crippen LogP contribution is 2.24. The van der Waals surface area contributed by atoms with Crippen LogP contribution < -0.4 is 4.74 Å². The fourth-order valence-corrected chi connectivity index (χ4v) is 3.80. The van der Waals surface area contributed by atoms with Crippen LogP contribution in [0.5, 0.6) is 5.75 Å². The molecule has 0 saturated heterocycles. The largest absolute Gasteiger partial charge is 0.490 e. The van der Waals surface area contributed by atoms with Gasteiger partial charge in [0.05, 0.1) is 6.61 Å². The predicted molar refractivity (Wildman–Crippen MR) is 141 cm³/mol. The van der Waals surface area contributed by atoms with Crippen LogP contribution >= 0.6 is 15.9 Å². The van der Waals surface area contributed by atoms with Crippen molar-refractivity contribution in [2.24, 2.45) is 0 Å². The molecular formula is C29H31BrO4. The first kappa shape index (κ1) is 25.7. The Labute approximate surface area is 210 Å². The molecule has 3 aromatic carbocycles. The average Bonchev–Trinajstić information content (AvgIpc) is 2.85. The van der Waals surface area contributed by atoms with Gasteiger partial charge in [0.15, 0.2) is 6.10 Å². The van der Waals surface area contributed by atoms with E-state index in [1.165, 1.54) is 16.7 Å². The molecule has 0 amide bonds. The van der Waals surface area contributed by atoms with Crippen LogP contribution in [0.2, 0.25) is 0 Å². The van der Waals surface area contributed by atoms with E-state index in [4.69, 9.17) is 14.2 Å². The lowest BCUT2D eigenvalue weighted by Gasteiger charge is -2.15. The van der Waals surface area contributed by atoms with E-state index in [9.17, 15) is 4.79 Å². The summed E-state index contributed by atoms with van der Waals surface area (Å²) in [6.07, 6.45) is 1.97. The number of rotatable bonds is 11. The van der Waals surface area contributed by atoms with Gasteiger partial charge < -0.3 is 14.2 Å². The topological polar surface area (TPSA) is 44.8 Å². The minimum atomic E-state index is -0.586. The summed E-state index contributed by atoms with van der Waals surface area (Å²) in [7, 11) is 0. The van der Waals surface area contributed by atoms with Crippen molar-refractivity contribution in [3.05, 3.63) is 94.5 Å². The van der Waals surface area contributed by atoms with E-state index in [0.29, 0.717) is 26.2 Å². The Morgan fingerprint density at radius 3 is 2.09 bits per heavy atom. The van der Waals surface area contributed by atoms with Gasteiger partial charge in [-0.3, -0.25) is 0 Å². The van der Waals surface area contributed by atoms with Crippen molar-refractivity contribution >= 4 is 27.5 Å². The maximum absolute atomic E-state index is 12.0. The van der Waals surface area contributed by atoms with Crippen LogP contribution in [0, 0.1) is 0 Å². The van der Waals surface area contributed by atoms with Gasteiger partial charge in [-0.15, -0.1) is 0 Å².